The van der Waals surface area contributed by atoms with Gasteiger partial charge in [-0.2, -0.15) is 0 Å². The average Bonchev–Trinajstić information content (AvgIpc) is 2.65. The first-order chi connectivity index (χ1) is 5.52. The maximum Gasteiger partial charge on any atom is 0.142 e. The minimum absolute atomic E-state index is 0.136. The summed E-state index contributed by atoms with van der Waals surface area (Å²) < 4.78 is 4.94. The highest BCUT2D eigenvalue weighted by Crippen LogP contribution is 2.24. The van der Waals surface area contributed by atoms with Crippen molar-refractivity contribution in [1.82, 2.24) is 0 Å². The summed E-state index contributed by atoms with van der Waals surface area (Å²) in [6.07, 6.45) is 3.32. The molecule has 1 aliphatic rings. The molecule has 1 rings (SSSR count). The normalized spacial score (nSPS) is 26.2. The number of hydrogen-bond donors (Lipinski definition) is 2. The third kappa shape index (κ3) is 2.93. The molecule has 0 amide bonds. The summed E-state index contributed by atoms with van der Waals surface area (Å²) in [5.41, 5.74) is 5.74. The molecule has 3 nitrogen and oxygen atoms in total. The van der Waals surface area contributed by atoms with E-state index in [9.17, 15) is 5.11 Å². The van der Waals surface area contributed by atoms with E-state index in [1.54, 1.807) is 0 Å². The lowest BCUT2D eigenvalue weighted by Gasteiger charge is -2.19. The van der Waals surface area contributed by atoms with Crippen molar-refractivity contribution in [2.24, 2.45) is 5.73 Å². The molecule has 1 fully saturated rings. The molecule has 0 aromatic heterocycles. The maximum atomic E-state index is 9.59. The molecule has 2 atom stereocenters. The molecule has 0 saturated carbocycles. The summed E-state index contributed by atoms with van der Waals surface area (Å²) in [5, 5.41) is 9.59. The second kappa shape index (κ2) is 3.56. The minimum atomic E-state index is -1.12. The number of epoxide rings is 1. The van der Waals surface area contributed by atoms with E-state index in [1.807, 2.05) is 13.8 Å². The smallest absolute Gasteiger partial charge is 0.142 e. The van der Waals surface area contributed by atoms with Gasteiger partial charge in [-0.05, 0) is 26.7 Å². The van der Waals surface area contributed by atoms with Crippen LogP contribution < -0.4 is 5.73 Å². The van der Waals surface area contributed by atoms with Crippen LogP contribution in [0.3, 0.4) is 0 Å². The van der Waals surface area contributed by atoms with E-state index in [2.05, 4.69) is 6.08 Å². The van der Waals surface area contributed by atoms with Gasteiger partial charge in [-0.25, -0.2) is 0 Å². The molecule has 70 valence electrons. The van der Waals surface area contributed by atoms with Crippen LogP contribution in [0.4, 0.5) is 0 Å². The summed E-state index contributed by atoms with van der Waals surface area (Å²) in [7, 11) is 0. The zero-order chi connectivity index (χ0) is 9.19. The highest BCUT2D eigenvalue weighted by molar-refractivity contribution is 4.96. The van der Waals surface area contributed by atoms with Gasteiger partial charge < -0.3 is 15.6 Å². The van der Waals surface area contributed by atoms with Crippen molar-refractivity contribution in [3.63, 3.8) is 0 Å². The molecule has 0 aromatic rings. The number of hydrogen-bond acceptors (Lipinski definition) is 3. The van der Waals surface area contributed by atoms with Gasteiger partial charge in [0.1, 0.15) is 11.8 Å². The van der Waals surface area contributed by atoms with Crippen LogP contribution in [0.1, 0.15) is 26.7 Å². The summed E-state index contributed by atoms with van der Waals surface area (Å²) in [5.74, 6) is 0. The summed E-state index contributed by atoms with van der Waals surface area (Å²) >= 11 is 0. The predicted molar refractivity (Wildman–Crippen MR) is 47.5 cm³/mol. The Hall–Kier alpha value is -0.380. The molecule has 3 heteroatoms. The first-order valence-electron chi connectivity index (χ1n) is 4.28. The Morgan fingerprint density at radius 2 is 2.33 bits per heavy atom. The Kier molecular flexibility index (Phi) is 2.88. The monoisotopic (exact) mass is 171 g/mol. The molecule has 1 saturated heterocycles. The minimum Gasteiger partial charge on any atom is -0.373 e. The van der Waals surface area contributed by atoms with Gasteiger partial charge in [-0.1, -0.05) is 11.6 Å². The summed E-state index contributed by atoms with van der Waals surface area (Å²) in [4.78, 5) is 0. The Balaban J connectivity index is 2.25. The van der Waals surface area contributed by atoms with Crippen molar-refractivity contribution in [2.75, 3.05) is 6.61 Å². The summed E-state index contributed by atoms with van der Waals surface area (Å²) in [6, 6.07) is 0. The first kappa shape index (κ1) is 9.71. The Morgan fingerprint density at radius 3 is 2.75 bits per heavy atom. The van der Waals surface area contributed by atoms with E-state index in [0.29, 0.717) is 13.0 Å². The lowest BCUT2D eigenvalue weighted by molar-refractivity contribution is 0.0105. The van der Waals surface area contributed by atoms with E-state index in [4.69, 9.17) is 10.5 Å². The van der Waals surface area contributed by atoms with Crippen LogP contribution in [0.15, 0.2) is 11.6 Å². The highest BCUT2D eigenvalue weighted by Gasteiger charge is 2.41. The summed E-state index contributed by atoms with van der Waals surface area (Å²) in [6.45, 7) is 4.66. The van der Waals surface area contributed by atoms with Gasteiger partial charge in [0.15, 0.2) is 0 Å². The lowest BCUT2D eigenvalue weighted by Crippen LogP contribution is -2.45. The molecule has 0 bridgehead atoms. The molecule has 1 unspecified atom stereocenters. The zero-order valence-corrected chi connectivity index (χ0v) is 7.71. The molecule has 0 radical (unpaired) electrons. The van der Waals surface area contributed by atoms with E-state index >= 15 is 0 Å². The van der Waals surface area contributed by atoms with Crippen LogP contribution in [-0.2, 0) is 4.74 Å². The molecule has 1 heterocycles. The Bertz CT molecular complexity index is 179. The lowest BCUT2D eigenvalue weighted by atomic mass is 10.0. The third-order valence-electron chi connectivity index (χ3n) is 1.99. The second-order valence-electron chi connectivity index (χ2n) is 3.63. The Labute approximate surface area is 73.2 Å². The number of allylic oxidation sites excluding steroid dienone is 2. The van der Waals surface area contributed by atoms with E-state index in [0.717, 1.165) is 6.42 Å². The van der Waals surface area contributed by atoms with Gasteiger partial charge >= 0.3 is 0 Å². The number of rotatable bonds is 4. The van der Waals surface area contributed by atoms with Crippen molar-refractivity contribution < 1.29 is 9.84 Å². The fraction of sp³-hybridized carbons (Fsp3) is 0.778. The molecule has 0 aromatic carbocycles. The average molecular weight is 171 g/mol. The van der Waals surface area contributed by atoms with Crippen LogP contribution in [-0.4, -0.2) is 23.5 Å². The topological polar surface area (TPSA) is 58.8 Å². The first-order valence-corrected chi connectivity index (χ1v) is 4.28. The zero-order valence-electron chi connectivity index (χ0n) is 7.71. The van der Waals surface area contributed by atoms with Gasteiger partial charge in [0, 0.05) is 0 Å². The maximum absolute atomic E-state index is 9.59. The Morgan fingerprint density at radius 1 is 1.75 bits per heavy atom. The molecule has 1 aliphatic heterocycles. The van der Waals surface area contributed by atoms with Crippen molar-refractivity contribution in [2.45, 2.75) is 38.5 Å². The van der Waals surface area contributed by atoms with E-state index in [-0.39, 0.29) is 6.10 Å². The van der Waals surface area contributed by atoms with Gasteiger partial charge in [0.05, 0.1) is 6.61 Å². The van der Waals surface area contributed by atoms with Crippen molar-refractivity contribution in [3.8, 4) is 0 Å². The molecule has 0 spiro atoms. The fourth-order valence-electron chi connectivity index (χ4n) is 1.09. The van der Waals surface area contributed by atoms with Gasteiger partial charge in [-0.3, -0.25) is 0 Å². The van der Waals surface area contributed by atoms with Gasteiger partial charge in [0.25, 0.3) is 0 Å². The van der Waals surface area contributed by atoms with Crippen LogP contribution in [0.2, 0.25) is 0 Å². The molecule has 3 N–H and O–H groups in total. The largest absolute Gasteiger partial charge is 0.373 e. The van der Waals surface area contributed by atoms with E-state index in [1.165, 1.54) is 5.57 Å². The van der Waals surface area contributed by atoms with Gasteiger partial charge in [0.2, 0.25) is 0 Å². The second-order valence-corrected chi connectivity index (χ2v) is 3.63. The van der Waals surface area contributed by atoms with Crippen molar-refractivity contribution >= 4 is 0 Å². The highest BCUT2D eigenvalue weighted by atomic mass is 16.6. The van der Waals surface area contributed by atoms with Crippen molar-refractivity contribution in [3.05, 3.63) is 11.6 Å². The van der Waals surface area contributed by atoms with Crippen LogP contribution in [0.5, 0.6) is 0 Å². The molecular formula is C9H17NO2. The third-order valence-corrected chi connectivity index (χ3v) is 1.99. The van der Waals surface area contributed by atoms with E-state index < -0.39 is 5.72 Å². The SMILES string of the molecule is CC(C)=CCC[C@](N)(O)C1CO1. The molecule has 12 heavy (non-hydrogen) atoms. The molecule has 0 aliphatic carbocycles. The van der Waals surface area contributed by atoms with Crippen molar-refractivity contribution in [1.29, 1.82) is 0 Å². The number of aliphatic hydroxyl groups is 1. The van der Waals surface area contributed by atoms with Crippen LogP contribution >= 0.6 is 0 Å². The quantitative estimate of drug-likeness (QED) is 0.373. The predicted octanol–water partition coefficient (Wildman–Crippen LogP) is 0.779. The van der Waals surface area contributed by atoms with Crippen LogP contribution in [0, 0.1) is 0 Å². The standard InChI is InChI=1S/C9H17NO2/c1-7(2)4-3-5-9(10,11)8-6-12-8/h4,8,11H,3,5-6,10H2,1-2H3/t8?,9-/m0/s1. The fourth-order valence-corrected chi connectivity index (χ4v) is 1.09. The number of nitrogens with two attached hydrogens (primary N) is 1. The van der Waals surface area contributed by atoms with Gasteiger partial charge in [-0.15, -0.1) is 0 Å². The molecular weight excluding hydrogens is 154 g/mol. The number of ether oxygens (including phenoxy) is 1. The van der Waals surface area contributed by atoms with Crippen LogP contribution in [0.25, 0.3) is 0 Å².